The third-order valence-electron chi connectivity index (χ3n) is 4.51. The highest BCUT2D eigenvalue weighted by molar-refractivity contribution is 9.10. The van der Waals surface area contributed by atoms with E-state index in [1.807, 2.05) is 59.2 Å². The van der Waals surface area contributed by atoms with Crippen molar-refractivity contribution in [3.05, 3.63) is 65.0 Å². The van der Waals surface area contributed by atoms with Crippen LogP contribution in [0, 0.1) is 5.92 Å². The summed E-state index contributed by atoms with van der Waals surface area (Å²) in [6, 6.07) is 17.4. The van der Waals surface area contributed by atoms with Gasteiger partial charge in [-0.25, -0.2) is 0 Å². The monoisotopic (exact) mass is 452 g/mol. The number of hydrogen-bond acceptors (Lipinski definition) is 4. The van der Waals surface area contributed by atoms with Gasteiger partial charge in [0.05, 0.1) is 0 Å². The van der Waals surface area contributed by atoms with E-state index in [4.69, 9.17) is 4.42 Å². The maximum absolute atomic E-state index is 12.7. The Morgan fingerprint density at radius 3 is 2.66 bits per heavy atom. The van der Waals surface area contributed by atoms with Crippen molar-refractivity contribution in [3.8, 4) is 11.6 Å². The lowest BCUT2D eigenvalue weighted by molar-refractivity contribution is -0.116. The molecule has 0 saturated carbocycles. The Labute approximate surface area is 177 Å². The van der Waals surface area contributed by atoms with Crippen LogP contribution in [0.2, 0.25) is 0 Å². The molecule has 7 heteroatoms. The molecule has 1 amide bonds. The van der Waals surface area contributed by atoms with Crippen LogP contribution in [-0.4, -0.2) is 20.7 Å². The lowest BCUT2D eigenvalue weighted by Crippen LogP contribution is -2.19. The smallest absolute Gasteiger partial charge is 0.264 e. The van der Waals surface area contributed by atoms with Crippen molar-refractivity contribution in [1.29, 1.82) is 0 Å². The molecular weight excluding hydrogens is 432 g/mol. The van der Waals surface area contributed by atoms with Crippen molar-refractivity contribution in [2.75, 3.05) is 5.32 Å². The molecule has 4 aromatic rings. The molecule has 0 atom stereocenters. The summed E-state index contributed by atoms with van der Waals surface area (Å²) in [7, 11) is 0. The van der Waals surface area contributed by atoms with Crippen LogP contribution in [0.25, 0.3) is 22.5 Å². The maximum Gasteiger partial charge on any atom is 0.264 e. The first kappa shape index (κ1) is 19.4. The highest BCUT2D eigenvalue weighted by Gasteiger charge is 2.18. The number of nitrogens with one attached hydrogen (secondary N) is 1. The van der Waals surface area contributed by atoms with E-state index in [1.165, 1.54) is 0 Å². The topological polar surface area (TPSA) is 73.0 Å². The number of para-hydroxylation sites is 1. The van der Waals surface area contributed by atoms with Gasteiger partial charge in [-0.15, -0.1) is 10.2 Å². The number of benzene rings is 2. The van der Waals surface area contributed by atoms with Crippen LogP contribution < -0.4 is 5.32 Å². The lowest BCUT2D eigenvalue weighted by Gasteiger charge is -2.10. The Morgan fingerprint density at radius 1 is 1.14 bits per heavy atom. The van der Waals surface area contributed by atoms with Crippen molar-refractivity contribution in [2.45, 2.75) is 26.8 Å². The summed E-state index contributed by atoms with van der Waals surface area (Å²) in [5.41, 5.74) is 2.42. The van der Waals surface area contributed by atoms with Crippen molar-refractivity contribution in [2.24, 2.45) is 5.92 Å². The van der Waals surface area contributed by atoms with E-state index in [2.05, 4.69) is 45.3 Å². The second-order valence-corrected chi connectivity index (χ2v) is 8.24. The number of carbonyl (C=O) groups is 1. The van der Waals surface area contributed by atoms with Gasteiger partial charge < -0.3 is 14.3 Å². The number of amides is 1. The standard InChI is InChI=1S/C22H21BrN4O2/c1-14(2)11-21-25-26-22(29-21)19-12-15-5-3-4-6-18(15)27(19)13-20(28)24-17-9-7-16(23)8-10-17/h3-10,12,14H,11,13H2,1-2H3,(H,24,28). The zero-order valence-electron chi connectivity index (χ0n) is 16.2. The number of aromatic nitrogens is 3. The van der Waals surface area contributed by atoms with E-state index >= 15 is 0 Å². The van der Waals surface area contributed by atoms with E-state index in [-0.39, 0.29) is 12.5 Å². The summed E-state index contributed by atoms with van der Waals surface area (Å²) in [4.78, 5) is 12.7. The third-order valence-corrected chi connectivity index (χ3v) is 5.04. The highest BCUT2D eigenvalue weighted by Crippen LogP contribution is 2.28. The van der Waals surface area contributed by atoms with Gasteiger partial charge in [-0.1, -0.05) is 48.0 Å². The quantitative estimate of drug-likeness (QED) is 0.431. The molecule has 2 aromatic heterocycles. The van der Waals surface area contributed by atoms with E-state index in [9.17, 15) is 4.79 Å². The first-order valence-electron chi connectivity index (χ1n) is 9.46. The second kappa shape index (κ2) is 8.21. The second-order valence-electron chi connectivity index (χ2n) is 7.33. The van der Waals surface area contributed by atoms with Gasteiger partial charge in [0.1, 0.15) is 12.2 Å². The molecule has 0 fully saturated rings. The van der Waals surface area contributed by atoms with Crippen LogP contribution in [0.4, 0.5) is 5.69 Å². The zero-order valence-corrected chi connectivity index (χ0v) is 17.8. The van der Waals surface area contributed by atoms with Crippen LogP contribution in [0.5, 0.6) is 0 Å². The normalized spacial score (nSPS) is 11.3. The predicted molar refractivity (Wildman–Crippen MR) is 117 cm³/mol. The van der Waals surface area contributed by atoms with Crippen LogP contribution in [0.3, 0.4) is 0 Å². The summed E-state index contributed by atoms with van der Waals surface area (Å²) in [5, 5.41) is 12.3. The van der Waals surface area contributed by atoms with Gasteiger partial charge in [0.2, 0.25) is 11.8 Å². The molecule has 0 aliphatic rings. The summed E-state index contributed by atoms with van der Waals surface area (Å²) in [6.45, 7) is 4.35. The van der Waals surface area contributed by atoms with Gasteiger partial charge in [0.25, 0.3) is 5.89 Å². The molecule has 0 saturated heterocycles. The van der Waals surface area contributed by atoms with Gasteiger partial charge in [-0.3, -0.25) is 4.79 Å². The summed E-state index contributed by atoms with van der Waals surface area (Å²) in [5.74, 6) is 1.32. The molecule has 4 rings (SSSR count). The minimum absolute atomic E-state index is 0.128. The van der Waals surface area contributed by atoms with Crippen molar-refractivity contribution >= 4 is 38.4 Å². The molecule has 0 aliphatic carbocycles. The van der Waals surface area contributed by atoms with Crippen LogP contribution in [0.15, 0.2) is 63.5 Å². The van der Waals surface area contributed by atoms with Crippen LogP contribution in [-0.2, 0) is 17.8 Å². The van der Waals surface area contributed by atoms with Gasteiger partial charge in [0.15, 0.2) is 0 Å². The lowest BCUT2D eigenvalue weighted by atomic mass is 10.1. The molecule has 1 N–H and O–H groups in total. The Bertz CT molecular complexity index is 1150. The Kier molecular flexibility index (Phi) is 5.49. The average molecular weight is 453 g/mol. The van der Waals surface area contributed by atoms with E-state index in [0.717, 1.165) is 33.2 Å². The molecule has 0 spiro atoms. The number of hydrogen-bond donors (Lipinski definition) is 1. The van der Waals surface area contributed by atoms with Crippen molar-refractivity contribution < 1.29 is 9.21 Å². The summed E-state index contributed by atoms with van der Waals surface area (Å²) < 4.78 is 8.76. The van der Waals surface area contributed by atoms with Gasteiger partial charge in [-0.2, -0.15) is 0 Å². The van der Waals surface area contributed by atoms with E-state index in [1.54, 1.807) is 0 Å². The minimum atomic E-state index is -0.128. The zero-order chi connectivity index (χ0) is 20.4. The molecule has 29 heavy (non-hydrogen) atoms. The molecule has 0 unspecified atom stereocenters. The predicted octanol–water partition coefficient (Wildman–Crippen LogP) is 5.29. The van der Waals surface area contributed by atoms with Crippen LogP contribution >= 0.6 is 15.9 Å². The Balaban J connectivity index is 1.65. The first-order valence-corrected chi connectivity index (χ1v) is 10.3. The van der Waals surface area contributed by atoms with Crippen LogP contribution in [0.1, 0.15) is 19.7 Å². The van der Waals surface area contributed by atoms with Gasteiger partial charge in [0, 0.05) is 27.5 Å². The number of halogens is 1. The van der Waals surface area contributed by atoms with Crippen molar-refractivity contribution in [1.82, 2.24) is 14.8 Å². The summed E-state index contributed by atoms with van der Waals surface area (Å²) in [6.07, 6.45) is 0.720. The minimum Gasteiger partial charge on any atom is -0.419 e. The molecule has 0 aliphatic heterocycles. The molecule has 148 valence electrons. The van der Waals surface area contributed by atoms with Gasteiger partial charge >= 0.3 is 0 Å². The van der Waals surface area contributed by atoms with Gasteiger partial charge in [-0.05, 0) is 42.3 Å². The summed E-state index contributed by atoms with van der Waals surface area (Å²) >= 11 is 3.40. The fraction of sp³-hybridized carbons (Fsp3) is 0.227. The molecule has 6 nitrogen and oxygen atoms in total. The number of anilines is 1. The van der Waals surface area contributed by atoms with Crippen molar-refractivity contribution in [3.63, 3.8) is 0 Å². The molecule has 0 bridgehead atoms. The molecule has 0 radical (unpaired) electrons. The number of carbonyl (C=O) groups excluding carboxylic acids is 1. The fourth-order valence-electron chi connectivity index (χ4n) is 3.22. The molecule has 2 heterocycles. The number of fused-ring (bicyclic) bond motifs is 1. The average Bonchev–Trinajstić information content (AvgIpc) is 3.28. The first-order chi connectivity index (χ1) is 14.0. The number of rotatable bonds is 6. The largest absolute Gasteiger partial charge is 0.419 e. The SMILES string of the molecule is CC(C)Cc1nnc(-c2cc3ccccc3n2CC(=O)Nc2ccc(Br)cc2)o1. The Hall–Kier alpha value is -2.93. The number of nitrogens with zero attached hydrogens (tertiary/aromatic N) is 3. The maximum atomic E-state index is 12.7. The molecule has 2 aromatic carbocycles. The highest BCUT2D eigenvalue weighted by atomic mass is 79.9. The Morgan fingerprint density at radius 2 is 1.90 bits per heavy atom. The fourth-order valence-corrected chi connectivity index (χ4v) is 3.49. The van der Waals surface area contributed by atoms with E-state index in [0.29, 0.717) is 17.7 Å². The third kappa shape index (κ3) is 4.40. The van der Waals surface area contributed by atoms with E-state index < -0.39 is 0 Å². The molecular formula is C22H21BrN4O2.